The molecule has 2 N–H and O–H groups in total. The number of urea groups is 1. The molecule has 0 bridgehead atoms. The Kier molecular flexibility index (Phi) is 5.13. The molecular formula is C13H19N3O4S. The molecule has 21 heavy (non-hydrogen) atoms. The van der Waals surface area contributed by atoms with Gasteiger partial charge in [0.05, 0.1) is 25.2 Å². The van der Waals surface area contributed by atoms with E-state index >= 15 is 0 Å². The molecule has 1 aliphatic heterocycles. The number of carboxylic acids is 1. The first kappa shape index (κ1) is 15.7. The average molecular weight is 313 g/mol. The van der Waals surface area contributed by atoms with Crippen molar-refractivity contribution in [2.45, 2.75) is 32.4 Å². The molecule has 8 heteroatoms. The minimum atomic E-state index is -0.922. The van der Waals surface area contributed by atoms with Crippen LogP contribution < -0.4 is 5.32 Å². The molecule has 0 saturated carbocycles. The molecule has 0 aliphatic carbocycles. The zero-order valence-corrected chi connectivity index (χ0v) is 12.9. The summed E-state index contributed by atoms with van der Waals surface area (Å²) in [6, 6.07) is -0.383. The quantitative estimate of drug-likeness (QED) is 0.876. The SMILES string of the molecule is Cc1csc(C(C)NC(=O)N2CCOC(CC(=O)O)C2)n1. The van der Waals surface area contributed by atoms with Crippen LogP contribution in [0.25, 0.3) is 0 Å². The normalized spacial score (nSPS) is 20.1. The topological polar surface area (TPSA) is 91.8 Å². The summed E-state index contributed by atoms with van der Waals surface area (Å²) in [4.78, 5) is 28.8. The second-order valence-electron chi connectivity index (χ2n) is 5.03. The molecule has 1 saturated heterocycles. The first-order valence-corrected chi connectivity index (χ1v) is 7.64. The Labute approximate surface area is 126 Å². The molecule has 0 radical (unpaired) electrons. The number of morpholine rings is 1. The van der Waals surface area contributed by atoms with Gasteiger partial charge in [-0.05, 0) is 13.8 Å². The van der Waals surface area contributed by atoms with E-state index < -0.39 is 12.1 Å². The largest absolute Gasteiger partial charge is 0.481 e. The average Bonchev–Trinajstić information content (AvgIpc) is 2.85. The summed E-state index contributed by atoms with van der Waals surface area (Å²) >= 11 is 1.51. The minimum Gasteiger partial charge on any atom is -0.481 e. The van der Waals surface area contributed by atoms with Crippen molar-refractivity contribution in [3.8, 4) is 0 Å². The lowest BCUT2D eigenvalue weighted by atomic mass is 10.2. The highest BCUT2D eigenvalue weighted by molar-refractivity contribution is 7.09. The van der Waals surface area contributed by atoms with Gasteiger partial charge in [-0.25, -0.2) is 9.78 Å². The van der Waals surface area contributed by atoms with E-state index in [1.165, 1.54) is 11.3 Å². The van der Waals surface area contributed by atoms with Gasteiger partial charge >= 0.3 is 12.0 Å². The molecular weight excluding hydrogens is 294 g/mol. The molecule has 0 aromatic carbocycles. The standard InChI is InChI=1S/C13H19N3O4S/c1-8-7-21-12(14-8)9(2)15-13(19)16-3-4-20-10(6-16)5-11(17)18/h7,9-10H,3-6H2,1-2H3,(H,15,19)(H,17,18). The lowest BCUT2D eigenvalue weighted by Gasteiger charge is -2.33. The smallest absolute Gasteiger partial charge is 0.318 e. The number of nitrogens with one attached hydrogen (secondary N) is 1. The third kappa shape index (κ3) is 4.40. The van der Waals surface area contributed by atoms with Gasteiger partial charge in [-0.15, -0.1) is 11.3 Å². The highest BCUT2D eigenvalue weighted by atomic mass is 32.1. The number of carbonyl (C=O) groups excluding carboxylic acids is 1. The van der Waals surface area contributed by atoms with E-state index in [0.717, 1.165) is 10.7 Å². The Morgan fingerprint density at radius 1 is 1.67 bits per heavy atom. The molecule has 2 heterocycles. The molecule has 116 valence electrons. The van der Waals surface area contributed by atoms with E-state index in [-0.39, 0.29) is 18.5 Å². The summed E-state index contributed by atoms with van der Waals surface area (Å²) < 4.78 is 5.35. The van der Waals surface area contributed by atoms with Crippen LogP contribution in [0.3, 0.4) is 0 Å². The fraction of sp³-hybridized carbons (Fsp3) is 0.615. The van der Waals surface area contributed by atoms with Crippen molar-refractivity contribution >= 4 is 23.3 Å². The molecule has 2 atom stereocenters. The zero-order valence-electron chi connectivity index (χ0n) is 12.0. The van der Waals surface area contributed by atoms with Crippen LogP contribution >= 0.6 is 11.3 Å². The van der Waals surface area contributed by atoms with Gasteiger partial charge in [-0.3, -0.25) is 4.79 Å². The van der Waals surface area contributed by atoms with Gasteiger partial charge in [0.2, 0.25) is 0 Å². The first-order chi connectivity index (χ1) is 9.95. The van der Waals surface area contributed by atoms with Gasteiger partial charge < -0.3 is 20.1 Å². The molecule has 1 aromatic rings. The number of carboxylic acid groups (broad SMARTS) is 1. The van der Waals surface area contributed by atoms with Crippen LogP contribution in [0.1, 0.15) is 30.1 Å². The van der Waals surface area contributed by atoms with Crippen molar-refractivity contribution in [2.24, 2.45) is 0 Å². The third-order valence-corrected chi connectivity index (χ3v) is 4.32. The number of ether oxygens (including phenoxy) is 1. The molecule has 2 amide bonds. The Morgan fingerprint density at radius 3 is 3.05 bits per heavy atom. The number of aromatic nitrogens is 1. The third-order valence-electron chi connectivity index (χ3n) is 3.18. The zero-order chi connectivity index (χ0) is 15.4. The van der Waals surface area contributed by atoms with Crippen LogP contribution in [0.4, 0.5) is 4.79 Å². The number of amides is 2. The molecule has 1 aliphatic rings. The van der Waals surface area contributed by atoms with Crippen LogP contribution in [0.2, 0.25) is 0 Å². The summed E-state index contributed by atoms with van der Waals surface area (Å²) in [7, 11) is 0. The maximum atomic E-state index is 12.2. The number of aryl methyl sites for hydroxylation is 1. The van der Waals surface area contributed by atoms with Gasteiger partial charge in [-0.1, -0.05) is 0 Å². The summed E-state index contributed by atoms with van der Waals surface area (Å²) in [5.41, 5.74) is 0.934. The lowest BCUT2D eigenvalue weighted by molar-refractivity contribution is -0.141. The molecule has 2 unspecified atom stereocenters. The minimum absolute atomic E-state index is 0.0923. The highest BCUT2D eigenvalue weighted by Gasteiger charge is 2.27. The van der Waals surface area contributed by atoms with Crippen LogP contribution in [0.5, 0.6) is 0 Å². The maximum Gasteiger partial charge on any atom is 0.318 e. The van der Waals surface area contributed by atoms with Crippen LogP contribution in [0, 0.1) is 6.92 Å². The number of hydrogen-bond acceptors (Lipinski definition) is 5. The summed E-state index contributed by atoms with van der Waals surface area (Å²) in [6.07, 6.45) is -0.537. The van der Waals surface area contributed by atoms with Gasteiger partial charge in [-0.2, -0.15) is 0 Å². The van der Waals surface area contributed by atoms with Crippen molar-refractivity contribution in [1.82, 2.24) is 15.2 Å². The Balaban J connectivity index is 1.89. The van der Waals surface area contributed by atoms with Crippen LogP contribution in [-0.2, 0) is 9.53 Å². The van der Waals surface area contributed by atoms with Gasteiger partial charge in [0, 0.05) is 24.2 Å². The molecule has 0 spiro atoms. The predicted octanol–water partition coefficient (Wildman–Crippen LogP) is 1.40. The second-order valence-corrected chi connectivity index (χ2v) is 5.92. The number of thiazole rings is 1. The van der Waals surface area contributed by atoms with Crippen molar-refractivity contribution in [3.63, 3.8) is 0 Å². The number of nitrogens with zero attached hydrogens (tertiary/aromatic N) is 2. The maximum absolute atomic E-state index is 12.2. The van der Waals surface area contributed by atoms with Crippen LogP contribution in [0.15, 0.2) is 5.38 Å². The van der Waals surface area contributed by atoms with E-state index in [0.29, 0.717) is 19.7 Å². The number of rotatable bonds is 4. The predicted molar refractivity (Wildman–Crippen MR) is 77.4 cm³/mol. The van der Waals surface area contributed by atoms with E-state index in [4.69, 9.17) is 9.84 Å². The number of carbonyl (C=O) groups is 2. The molecule has 1 aromatic heterocycles. The molecule has 7 nitrogen and oxygen atoms in total. The Hall–Kier alpha value is -1.67. The van der Waals surface area contributed by atoms with E-state index in [1.54, 1.807) is 4.90 Å². The van der Waals surface area contributed by atoms with Crippen molar-refractivity contribution in [2.75, 3.05) is 19.7 Å². The second kappa shape index (κ2) is 6.86. The molecule has 1 fully saturated rings. The Bertz CT molecular complexity index is 519. The fourth-order valence-corrected chi connectivity index (χ4v) is 2.94. The number of hydrogen-bond donors (Lipinski definition) is 2. The van der Waals surface area contributed by atoms with Gasteiger partial charge in [0.15, 0.2) is 0 Å². The van der Waals surface area contributed by atoms with Gasteiger partial charge in [0.1, 0.15) is 5.01 Å². The summed E-state index contributed by atoms with van der Waals surface area (Å²) in [6.45, 7) is 4.90. The highest BCUT2D eigenvalue weighted by Crippen LogP contribution is 2.18. The van der Waals surface area contributed by atoms with Crippen LogP contribution in [-0.4, -0.2) is 52.8 Å². The van der Waals surface area contributed by atoms with Gasteiger partial charge in [0.25, 0.3) is 0 Å². The van der Waals surface area contributed by atoms with E-state index in [1.807, 2.05) is 19.2 Å². The number of aliphatic carboxylic acids is 1. The van der Waals surface area contributed by atoms with E-state index in [9.17, 15) is 9.59 Å². The summed E-state index contributed by atoms with van der Waals surface area (Å²) in [5, 5.41) is 14.5. The van der Waals surface area contributed by atoms with E-state index in [2.05, 4.69) is 10.3 Å². The van der Waals surface area contributed by atoms with Crippen molar-refractivity contribution in [3.05, 3.63) is 16.1 Å². The van der Waals surface area contributed by atoms with Crippen molar-refractivity contribution in [1.29, 1.82) is 0 Å². The first-order valence-electron chi connectivity index (χ1n) is 6.76. The lowest BCUT2D eigenvalue weighted by Crippen LogP contribution is -2.50. The monoisotopic (exact) mass is 313 g/mol. The van der Waals surface area contributed by atoms with Crippen molar-refractivity contribution < 1.29 is 19.4 Å². The Morgan fingerprint density at radius 2 is 2.43 bits per heavy atom. The molecule has 2 rings (SSSR count). The summed E-state index contributed by atoms with van der Waals surface area (Å²) in [5.74, 6) is -0.922. The fourth-order valence-electron chi connectivity index (χ4n) is 2.13.